The zero-order valence-corrected chi connectivity index (χ0v) is 12.8. The van der Waals surface area contributed by atoms with E-state index in [9.17, 15) is 9.18 Å². The Morgan fingerprint density at radius 2 is 1.86 bits per heavy atom. The number of ether oxygens (including phenoxy) is 1. The number of carbonyl (C=O) groups is 1. The predicted octanol–water partition coefficient (Wildman–Crippen LogP) is 3.64. The van der Waals surface area contributed by atoms with Gasteiger partial charge in [0.15, 0.2) is 0 Å². The van der Waals surface area contributed by atoms with Gasteiger partial charge in [-0.1, -0.05) is 30.3 Å². The van der Waals surface area contributed by atoms with Gasteiger partial charge in [-0.15, -0.1) is 0 Å². The minimum Gasteiger partial charge on any atom is -0.497 e. The van der Waals surface area contributed by atoms with Gasteiger partial charge in [0, 0.05) is 12.0 Å². The molecule has 116 valence electrons. The maximum Gasteiger partial charge on any atom is 0.220 e. The summed E-state index contributed by atoms with van der Waals surface area (Å²) in [5.41, 5.74) is 1.56. The molecule has 1 atom stereocenters. The van der Waals surface area contributed by atoms with Crippen LogP contribution in [0.3, 0.4) is 0 Å². The Balaban J connectivity index is 1.86. The van der Waals surface area contributed by atoms with Crippen LogP contribution in [0.4, 0.5) is 4.39 Å². The molecule has 0 saturated carbocycles. The molecule has 0 radical (unpaired) electrons. The van der Waals surface area contributed by atoms with E-state index in [1.807, 2.05) is 24.3 Å². The van der Waals surface area contributed by atoms with Crippen LogP contribution < -0.4 is 10.1 Å². The highest BCUT2D eigenvalue weighted by molar-refractivity contribution is 5.76. The molecule has 0 aliphatic rings. The molecule has 2 rings (SSSR count). The molecule has 0 bridgehead atoms. The van der Waals surface area contributed by atoms with E-state index in [1.54, 1.807) is 32.2 Å². The van der Waals surface area contributed by atoms with Crippen molar-refractivity contribution in [3.63, 3.8) is 0 Å². The Morgan fingerprint density at radius 3 is 2.50 bits per heavy atom. The van der Waals surface area contributed by atoms with E-state index >= 15 is 0 Å². The molecule has 1 unspecified atom stereocenters. The van der Waals surface area contributed by atoms with Gasteiger partial charge in [0.1, 0.15) is 11.6 Å². The Hall–Kier alpha value is -2.36. The molecule has 0 heterocycles. The third-order valence-corrected chi connectivity index (χ3v) is 3.55. The molecule has 0 spiro atoms. The SMILES string of the molecule is COc1ccc(CCC(=O)NC(C)c2ccccc2F)cc1. The number of halogens is 1. The zero-order chi connectivity index (χ0) is 15.9. The maximum atomic E-state index is 13.6. The van der Waals surface area contributed by atoms with Crippen molar-refractivity contribution in [3.8, 4) is 5.75 Å². The molecule has 3 nitrogen and oxygen atoms in total. The molecule has 22 heavy (non-hydrogen) atoms. The monoisotopic (exact) mass is 301 g/mol. The highest BCUT2D eigenvalue weighted by Crippen LogP contribution is 2.17. The van der Waals surface area contributed by atoms with Crippen molar-refractivity contribution in [2.45, 2.75) is 25.8 Å². The first-order valence-electron chi connectivity index (χ1n) is 7.27. The van der Waals surface area contributed by atoms with Crippen LogP contribution in [0, 0.1) is 5.82 Å². The van der Waals surface area contributed by atoms with Gasteiger partial charge < -0.3 is 10.1 Å². The average Bonchev–Trinajstić information content (AvgIpc) is 2.53. The van der Waals surface area contributed by atoms with Gasteiger partial charge in [-0.25, -0.2) is 4.39 Å². The molecule has 4 heteroatoms. The lowest BCUT2D eigenvalue weighted by atomic mass is 10.1. The largest absolute Gasteiger partial charge is 0.497 e. The molecule has 0 aromatic heterocycles. The van der Waals surface area contributed by atoms with Crippen LogP contribution in [0.5, 0.6) is 5.75 Å². The first-order chi connectivity index (χ1) is 10.6. The van der Waals surface area contributed by atoms with E-state index in [-0.39, 0.29) is 17.8 Å². The van der Waals surface area contributed by atoms with Gasteiger partial charge in [0.2, 0.25) is 5.91 Å². The second-order valence-corrected chi connectivity index (χ2v) is 5.16. The Morgan fingerprint density at radius 1 is 1.18 bits per heavy atom. The first kappa shape index (κ1) is 16.0. The lowest BCUT2D eigenvalue weighted by Gasteiger charge is -2.15. The number of aryl methyl sites for hydroxylation is 1. The van der Waals surface area contributed by atoms with E-state index in [0.29, 0.717) is 18.4 Å². The van der Waals surface area contributed by atoms with E-state index in [1.165, 1.54) is 6.07 Å². The standard InChI is InChI=1S/C18H20FNO2/c1-13(16-5-3-4-6-17(16)19)20-18(21)12-9-14-7-10-15(22-2)11-8-14/h3-8,10-11,13H,9,12H2,1-2H3,(H,20,21). The number of methoxy groups -OCH3 is 1. The lowest BCUT2D eigenvalue weighted by molar-refractivity contribution is -0.121. The average molecular weight is 301 g/mol. The normalized spacial score (nSPS) is 11.8. The number of hydrogen-bond acceptors (Lipinski definition) is 2. The van der Waals surface area contributed by atoms with Gasteiger partial charge >= 0.3 is 0 Å². The van der Waals surface area contributed by atoms with E-state index in [2.05, 4.69) is 5.32 Å². The molecule has 0 saturated heterocycles. The summed E-state index contributed by atoms with van der Waals surface area (Å²) in [5, 5.41) is 2.83. The van der Waals surface area contributed by atoms with Crippen molar-refractivity contribution < 1.29 is 13.9 Å². The number of carbonyl (C=O) groups excluding carboxylic acids is 1. The highest BCUT2D eigenvalue weighted by atomic mass is 19.1. The van der Waals surface area contributed by atoms with E-state index in [0.717, 1.165) is 11.3 Å². The van der Waals surface area contributed by atoms with Crippen LogP contribution in [-0.4, -0.2) is 13.0 Å². The van der Waals surface area contributed by atoms with Crippen molar-refractivity contribution in [1.82, 2.24) is 5.32 Å². The number of amides is 1. The number of nitrogens with one attached hydrogen (secondary N) is 1. The van der Waals surface area contributed by atoms with Crippen molar-refractivity contribution in [1.29, 1.82) is 0 Å². The quantitative estimate of drug-likeness (QED) is 0.884. The number of hydrogen-bond donors (Lipinski definition) is 1. The van der Waals surface area contributed by atoms with Gasteiger partial charge in [0.05, 0.1) is 13.2 Å². The van der Waals surface area contributed by atoms with E-state index < -0.39 is 0 Å². The predicted molar refractivity (Wildman–Crippen MR) is 84.3 cm³/mol. The molecule has 1 N–H and O–H groups in total. The minimum atomic E-state index is -0.343. The second kappa shape index (κ2) is 7.59. The molecular weight excluding hydrogens is 281 g/mol. The summed E-state index contributed by atoms with van der Waals surface area (Å²) in [4.78, 5) is 12.0. The van der Waals surface area contributed by atoms with Crippen molar-refractivity contribution in [3.05, 3.63) is 65.5 Å². The highest BCUT2D eigenvalue weighted by Gasteiger charge is 2.12. The van der Waals surface area contributed by atoms with Gasteiger partial charge in [-0.05, 0) is 37.1 Å². The smallest absolute Gasteiger partial charge is 0.220 e. The fourth-order valence-corrected chi connectivity index (χ4v) is 2.27. The third-order valence-electron chi connectivity index (χ3n) is 3.55. The van der Waals surface area contributed by atoms with Crippen molar-refractivity contribution in [2.24, 2.45) is 0 Å². The Labute approximate surface area is 130 Å². The summed E-state index contributed by atoms with van der Waals surface area (Å²) in [7, 11) is 1.62. The van der Waals surface area contributed by atoms with Crippen LogP contribution in [0.1, 0.15) is 30.5 Å². The topological polar surface area (TPSA) is 38.3 Å². The maximum absolute atomic E-state index is 13.6. The van der Waals surface area contributed by atoms with E-state index in [4.69, 9.17) is 4.74 Å². The summed E-state index contributed by atoms with van der Waals surface area (Å²) in [6, 6.07) is 13.8. The van der Waals surface area contributed by atoms with Gasteiger partial charge in [-0.2, -0.15) is 0 Å². The molecule has 2 aromatic carbocycles. The third kappa shape index (κ3) is 4.32. The summed E-state index contributed by atoms with van der Waals surface area (Å²) < 4.78 is 18.7. The van der Waals surface area contributed by atoms with Crippen molar-refractivity contribution in [2.75, 3.05) is 7.11 Å². The van der Waals surface area contributed by atoms with Crippen LogP contribution in [-0.2, 0) is 11.2 Å². The molecule has 1 amide bonds. The zero-order valence-electron chi connectivity index (χ0n) is 12.8. The summed E-state index contributed by atoms with van der Waals surface area (Å²) in [6.45, 7) is 1.78. The molecular formula is C18H20FNO2. The van der Waals surface area contributed by atoms with Crippen LogP contribution in [0.25, 0.3) is 0 Å². The fraction of sp³-hybridized carbons (Fsp3) is 0.278. The van der Waals surface area contributed by atoms with Crippen LogP contribution in [0.15, 0.2) is 48.5 Å². The second-order valence-electron chi connectivity index (χ2n) is 5.16. The first-order valence-corrected chi connectivity index (χ1v) is 7.27. The number of rotatable bonds is 6. The minimum absolute atomic E-state index is 0.0911. The molecule has 0 aliphatic heterocycles. The molecule has 2 aromatic rings. The summed E-state index contributed by atoms with van der Waals surface area (Å²) in [6.07, 6.45) is 1.00. The summed E-state index contributed by atoms with van der Waals surface area (Å²) >= 11 is 0. The summed E-state index contributed by atoms with van der Waals surface area (Å²) in [5.74, 6) is 0.401. The number of benzene rings is 2. The lowest BCUT2D eigenvalue weighted by Crippen LogP contribution is -2.27. The molecule has 0 fully saturated rings. The van der Waals surface area contributed by atoms with Gasteiger partial charge in [0.25, 0.3) is 0 Å². The van der Waals surface area contributed by atoms with Crippen molar-refractivity contribution >= 4 is 5.91 Å². The molecule has 0 aliphatic carbocycles. The van der Waals surface area contributed by atoms with Crippen LogP contribution in [0.2, 0.25) is 0 Å². The van der Waals surface area contributed by atoms with Gasteiger partial charge in [-0.3, -0.25) is 4.79 Å². The Bertz CT molecular complexity index is 625. The van der Waals surface area contributed by atoms with Crippen LogP contribution >= 0.6 is 0 Å². The Kier molecular flexibility index (Phi) is 5.53. The fourth-order valence-electron chi connectivity index (χ4n) is 2.27.